The first-order valence-electron chi connectivity index (χ1n) is 22.7. The first kappa shape index (κ1) is 55.8. The van der Waals surface area contributed by atoms with Crippen molar-refractivity contribution in [1.82, 2.24) is 30.2 Å². The molecular formula is C52H60N8O10S2. The summed E-state index contributed by atoms with van der Waals surface area (Å²) in [6.45, 7) is 8.02. The Hall–Kier alpha value is -7.14. The summed E-state index contributed by atoms with van der Waals surface area (Å²) in [4.78, 5) is 23.0. The van der Waals surface area contributed by atoms with E-state index in [1.165, 1.54) is 61.1 Å². The SMILES string of the molecule is Cc1ccc(S(=O)(=O)O)cc1.Cc1ccc(S(=O)(=O)O)cc1.NC(=O)c1cccc2cn(-c3ccc([C@@H]4CCCNC4)cc3)nc12.NC(=O)c1cccc2cn(-c3ccc([C@@H]4CCCNC4)cc3)nc12.O.O. The molecule has 6 aromatic carbocycles. The van der Waals surface area contributed by atoms with Crippen molar-refractivity contribution in [3.63, 3.8) is 0 Å². The standard InChI is InChI=1S/2C19H20N4O.2C7H8O3S.2H2O/c2*20-19(24)17-5-1-3-15-12-23(22-18(15)17)16-8-6-13(7-9-16)14-4-2-10-21-11-14;2*1-6-2-4-7(5-3-6)11(8,9)10;;/h2*1,3,5-9,12,14,21H,2,4,10-11H2,(H2,20,24);2*2-5H,1H3,(H,8,9,10);2*1H2/t2*14-;;;;/m11..../s1. The minimum absolute atomic E-state index is 0. The van der Waals surface area contributed by atoms with E-state index < -0.39 is 32.1 Å². The van der Waals surface area contributed by atoms with Crippen LogP contribution in [0.5, 0.6) is 0 Å². The number of carbonyl (C=O) groups excluding carboxylic acids is 2. The second-order valence-electron chi connectivity index (χ2n) is 17.2. The van der Waals surface area contributed by atoms with Gasteiger partial charge in [-0.25, -0.2) is 9.36 Å². The molecule has 2 saturated heterocycles. The summed E-state index contributed by atoms with van der Waals surface area (Å²) in [5, 5.41) is 17.8. The Bertz CT molecular complexity index is 3070. The van der Waals surface area contributed by atoms with Crippen molar-refractivity contribution in [2.45, 2.75) is 61.2 Å². The minimum Gasteiger partial charge on any atom is -0.412 e. The van der Waals surface area contributed by atoms with Gasteiger partial charge in [-0.15, -0.1) is 0 Å². The second-order valence-corrected chi connectivity index (χ2v) is 20.1. The Morgan fingerprint density at radius 2 is 0.889 bits per heavy atom. The Labute approximate surface area is 418 Å². The van der Waals surface area contributed by atoms with E-state index in [0.29, 0.717) is 34.0 Å². The maximum Gasteiger partial charge on any atom is 0.294 e. The highest BCUT2D eigenvalue weighted by Crippen LogP contribution is 2.27. The molecule has 2 amide bonds. The predicted octanol–water partition coefficient (Wildman–Crippen LogP) is 6.02. The summed E-state index contributed by atoms with van der Waals surface area (Å²) in [6.07, 6.45) is 8.79. The third kappa shape index (κ3) is 14.5. The fourth-order valence-electron chi connectivity index (χ4n) is 8.24. The highest BCUT2D eigenvalue weighted by atomic mass is 32.2. The number of nitrogens with zero attached hydrogens (tertiary/aromatic N) is 4. The number of hydrogen-bond acceptors (Lipinski definition) is 10. The molecular weight excluding hydrogens is 961 g/mol. The van der Waals surface area contributed by atoms with E-state index in [-0.39, 0.29) is 20.7 Å². The number of nitrogens with two attached hydrogens (primary N) is 2. The molecule has 72 heavy (non-hydrogen) atoms. The van der Waals surface area contributed by atoms with E-state index in [0.717, 1.165) is 59.5 Å². The van der Waals surface area contributed by atoms with Crippen molar-refractivity contribution in [2.75, 3.05) is 26.2 Å². The Morgan fingerprint density at radius 1 is 0.542 bits per heavy atom. The maximum absolute atomic E-state index is 11.5. The molecule has 380 valence electrons. The summed E-state index contributed by atoms with van der Waals surface area (Å²) >= 11 is 0. The van der Waals surface area contributed by atoms with Crippen LogP contribution >= 0.6 is 0 Å². The molecule has 0 radical (unpaired) electrons. The highest BCUT2D eigenvalue weighted by molar-refractivity contribution is 7.86. The summed E-state index contributed by atoms with van der Waals surface area (Å²) in [5.74, 6) is 0.272. The first-order chi connectivity index (χ1) is 33.4. The van der Waals surface area contributed by atoms with Gasteiger partial charge in [0.15, 0.2) is 0 Å². The Kier molecular flexibility index (Phi) is 19.2. The van der Waals surface area contributed by atoms with Crippen molar-refractivity contribution in [3.05, 3.63) is 179 Å². The van der Waals surface area contributed by atoms with Crippen LogP contribution in [0.25, 0.3) is 33.2 Å². The molecule has 0 spiro atoms. The molecule has 0 bridgehead atoms. The molecule has 20 heteroatoms. The van der Waals surface area contributed by atoms with E-state index in [1.807, 2.05) is 50.5 Å². The molecule has 0 aliphatic carbocycles. The van der Waals surface area contributed by atoms with E-state index >= 15 is 0 Å². The Morgan fingerprint density at radius 3 is 1.18 bits per heavy atom. The number of primary amides is 2. The van der Waals surface area contributed by atoms with Crippen molar-refractivity contribution in [1.29, 1.82) is 0 Å². The molecule has 18 nitrogen and oxygen atoms in total. The number of carbonyl (C=O) groups is 2. The summed E-state index contributed by atoms with van der Waals surface area (Å²) in [6, 6.07) is 40.0. The van der Waals surface area contributed by atoms with Gasteiger partial charge in [0.1, 0.15) is 11.0 Å². The molecule has 0 unspecified atom stereocenters. The van der Waals surface area contributed by atoms with Gasteiger partial charge in [0, 0.05) is 36.3 Å². The lowest BCUT2D eigenvalue weighted by atomic mass is 9.92. The third-order valence-corrected chi connectivity index (χ3v) is 13.8. The Balaban J connectivity index is 0.000000188. The van der Waals surface area contributed by atoms with Crippen LogP contribution in [-0.4, -0.2) is 94.4 Å². The van der Waals surface area contributed by atoms with Gasteiger partial charge in [-0.2, -0.15) is 27.0 Å². The lowest BCUT2D eigenvalue weighted by Gasteiger charge is -2.23. The van der Waals surface area contributed by atoms with Gasteiger partial charge in [-0.05, 0) is 136 Å². The molecule has 10 rings (SSSR count). The number of rotatable bonds is 8. The van der Waals surface area contributed by atoms with E-state index in [9.17, 15) is 26.4 Å². The quantitative estimate of drug-likeness (QED) is 0.0953. The van der Waals surface area contributed by atoms with Gasteiger partial charge in [-0.1, -0.05) is 83.9 Å². The average Bonchev–Trinajstić information content (AvgIpc) is 4.01. The van der Waals surface area contributed by atoms with Crippen molar-refractivity contribution < 1.29 is 46.5 Å². The van der Waals surface area contributed by atoms with Crippen LogP contribution in [0.4, 0.5) is 0 Å². The van der Waals surface area contributed by atoms with Crippen LogP contribution in [-0.2, 0) is 20.2 Å². The molecule has 2 aliphatic rings. The number of hydrogen-bond donors (Lipinski definition) is 6. The number of aryl methyl sites for hydroxylation is 2. The summed E-state index contributed by atoms with van der Waals surface area (Å²) in [7, 11) is -8.04. The lowest BCUT2D eigenvalue weighted by Crippen LogP contribution is -2.28. The largest absolute Gasteiger partial charge is 0.412 e. The smallest absolute Gasteiger partial charge is 0.294 e. The summed E-state index contributed by atoms with van der Waals surface area (Å²) < 4.78 is 62.7. The molecule has 2 atom stereocenters. The van der Waals surface area contributed by atoms with Gasteiger partial charge in [0.2, 0.25) is 0 Å². The summed E-state index contributed by atoms with van der Waals surface area (Å²) in [5.41, 5.74) is 19.7. The molecule has 0 saturated carbocycles. The van der Waals surface area contributed by atoms with Gasteiger partial charge in [0.25, 0.3) is 32.1 Å². The first-order valence-corrected chi connectivity index (χ1v) is 25.6. The lowest BCUT2D eigenvalue weighted by molar-refractivity contribution is 0.0993. The molecule has 12 N–H and O–H groups in total. The zero-order valence-electron chi connectivity index (χ0n) is 39.8. The number of amides is 2. The maximum atomic E-state index is 11.5. The van der Waals surface area contributed by atoms with E-state index in [1.54, 1.807) is 45.8 Å². The number of aromatic nitrogens is 4. The van der Waals surface area contributed by atoms with E-state index in [2.05, 4.69) is 69.4 Å². The molecule has 8 aromatic rings. The average molecular weight is 1020 g/mol. The predicted molar refractivity (Wildman–Crippen MR) is 278 cm³/mol. The van der Waals surface area contributed by atoms with Crippen molar-refractivity contribution in [2.24, 2.45) is 11.5 Å². The zero-order chi connectivity index (χ0) is 50.0. The van der Waals surface area contributed by atoms with E-state index in [4.69, 9.17) is 20.6 Å². The number of fused-ring (bicyclic) bond motifs is 2. The fourth-order valence-corrected chi connectivity index (χ4v) is 9.20. The minimum atomic E-state index is -4.02. The zero-order valence-corrected chi connectivity index (χ0v) is 41.4. The van der Waals surface area contributed by atoms with Gasteiger partial charge >= 0.3 is 0 Å². The van der Waals surface area contributed by atoms with Gasteiger partial charge < -0.3 is 33.1 Å². The molecule has 2 aliphatic heterocycles. The topological polar surface area (TPSA) is 318 Å². The molecule has 2 aromatic heterocycles. The van der Waals surface area contributed by atoms with Crippen LogP contribution in [0.1, 0.15) is 80.5 Å². The van der Waals surface area contributed by atoms with Crippen LogP contribution in [0.3, 0.4) is 0 Å². The van der Waals surface area contributed by atoms with Crippen LogP contribution in [0.15, 0.2) is 156 Å². The van der Waals surface area contributed by atoms with Crippen molar-refractivity contribution >= 4 is 53.9 Å². The van der Waals surface area contributed by atoms with Crippen LogP contribution in [0.2, 0.25) is 0 Å². The van der Waals surface area contributed by atoms with Crippen LogP contribution < -0.4 is 22.1 Å². The number of benzene rings is 6. The molecule has 4 heterocycles. The normalized spacial score (nSPS) is 15.4. The van der Waals surface area contributed by atoms with Gasteiger partial charge in [0.05, 0.1) is 32.3 Å². The van der Waals surface area contributed by atoms with Gasteiger partial charge in [-0.3, -0.25) is 18.7 Å². The van der Waals surface area contributed by atoms with Crippen molar-refractivity contribution in [3.8, 4) is 11.4 Å². The molecule has 2 fully saturated rings. The number of piperidine rings is 2. The monoisotopic (exact) mass is 1020 g/mol. The fraction of sp³-hybridized carbons (Fsp3) is 0.231. The number of nitrogens with one attached hydrogen (secondary N) is 2. The highest BCUT2D eigenvalue weighted by Gasteiger charge is 2.18. The third-order valence-electron chi connectivity index (χ3n) is 12.1. The second kappa shape index (κ2) is 24.8. The van der Waals surface area contributed by atoms with Crippen LogP contribution in [0, 0.1) is 13.8 Å².